The van der Waals surface area contributed by atoms with E-state index in [2.05, 4.69) is 0 Å². The van der Waals surface area contributed by atoms with E-state index in [0.717, 1.165) is 0 Å². The van der Waals surface area contributed by atoms with Crippen LogP contribution in [0, 0.1) is 3.57 Å². The van der Waals surface area contributed by atoms with Gasteiger partial charge in [0.05, 0.1) is 8.59 Å². The Hall–Kier alpha value is -0.490. The molecule has 1 amide bonds. The van der Waals surface area contributed by atoms with Crippen molar-refractivity contribution in [1.29, 1.82) is 0 Å². The van der Waals surface area contributed by atoms with Crippen LogP contribution in [0.5, 0.6) is 5.75 Å². The van der Waals surface area contributed by atoms with E-state index in [-0.39, 0.29) is 22.2 Å². The number of hydrogen-bond acceptors (Lipinski definition) is 2. The monoisotopic (exact) mass is 353 g/mol. The van der Waals surface area contributed by atoms with Gasteiger partial charge < -0.3 is 10.0 Å². The first-order valence-electron chi connectivity index (χ1n) is 4.99. The largest absolute Gasteiger partial charge is 0.506 e. The van der Waals surface area contributed by atoms with Crippen molar-refractivity contribution in [2.24, 2.45) is 0 Å². The van der Waals surface area contributed by atoms with Gasteiger partial charge in [0.15, 0.2) is 0 Å². The highest BCUT2D eigenvalue weighted by atomic mass is 127. The van der Waals surface area contributed by atoms with Gasteiger partial charge in [-0.15, -0.1) is 0 Å². The lowest BCUT2D eigenvalue weighted by Gasteiger charge is -2.20. The third-order valence-corrected chi connectivity index (χ3v) is 3.53. The standard InChI is InChI=1S/C11H13ClINO2/c1-3-14(4-2)11(16)9-7(12)5-6-8(13)10(9)15/h5-6,15H,3-4H2,1-2H3. The number of phenols is 1. The van der Waals surface area contributed by atoms with Crippen molar-refractivity contribution in [3.63, 3.8) is 0 Å². The minimum absolute atomic E-state index is 0.0370. The van der Waals surface area contributed by atoms with Crippen LogP contribution < -0.4 is 0 Å². The van der Waals surface area contributed by atoms with Crippen LogP contribution in [0.15, 0.2) is 12.1 Å². The average Bonchev–Trinajstić information content (AvgIpc) is 2.26. The molecule has 0 fully saturated rings. The Balaban J connectivity index is 3.22. The highest BCUT2D eigenvalue weighted by Crippen LogP contribution is 2.31. The smallest absolute Gasteiger partial charge is 0.259 e. The van der Waals surface area contributed by atoms with E-state index in [1.807, 2.05) is 36.4 Å². The van der Waals surface area contributed by atoms with Gasteiger partial charge >= 0.3 is 0 Å². The Morgan fingerprint density at radius 1 is 1.44 bits per heavy atom. The highest BCUT2D eigenvalue weighted by Gasteiger charge is 2.21. The summed E-state index contributed by atoms with van der Waals surface area (Å²) in [5.41, 5.74) is 0.192. The van der Waals surface area contributed by atoms with E-state index in [1.165, 1.54) is 0 Å². The zero-order valence-electron chi connectivity index (χ0n) is 9.13. The highest BCUT2D eigenvalue weighted by molar-refractivity contribution is 14.1. The second kappa shape index (κ2) is 5.72. The first kappa shape index (κ1) is 13.6. The number of hydrogen-bond donors (Lipinski definition) is 1. The molecule has 0 radical (unpaired) electrons. The molecule has 5 heteroatoms. The molecule has 0 saturated carbocycles. The molecule has 0 aliphatic rings. The zero-order chi connectivity index (χ0) is 12.3. The summed E-state index contributed by atoms with van der Waals surface area (Å²) in [4.78, 5) is 13.7. The molecular weight excluding hydrogens is 340 g/mol. The first-order valence-corrected chi connectivity index (χ1v) is 6.44. The summed E-state index contributed by atoms with van der Waals surface area (Å²) in [5, 5.41) is 10.1. The summed E-state index contributed by atoms with van der Waals surface area (Å²) < 4.78 is 0.623. The molecular formula is C11H13ClINO2. The van der Waals surface area contributed by atoms with Gasteiger partial charge in [-0.25, -0.2) is 0 Å². The van der Waals surface area contributed by atoms with Gasteiger partial charge in [0.2, 0.25) is 0 Å². The Morgan fingerprint density at radius 2 is 2.00 bits per heavy atom. The maximum atomic E-state index is 12.1. The van der Waals surface area contributed by atoms with Crippen LogP contribution in [-0.4, -0.2) is 29.0 Å². The second-order valence-electron chi connectivity index (χ2n) is 3.23. The van der Waals surface area contributed by atoms with E-state index in [4.69, 9.17) is 11.6 Å². The predicted molar refractivity (Wildman–Crippen MR) is 73.1 cm³/mol. The summed E-state index contributed by atoms with van der Waals surface area (Å²) in [7, 11) is 0. The predicted octanol–water partition coefficient (Wildman–Crippen LogP) is 3.13. The SMILES string of the molecule is CCN(CC)C(=O)c1c(Cl)ccc(I)c1O. The van der Waals surface area contributed by atoms with Gasteiger partial charge in [-0.1, -0.05) is 11.6 Å². The fourth-order valence-corrected chi connectivity index (χ4v) is 2.10. The molecule has 0 aliphatic carbocycles. The lowest BCUT2D eigenvalue weighted by molar-refractivity contribution is 0.0770. The van der Waals surface area contributed by atoms with E-state index in [0.29, 0.717) is 16.7 Å². The fraction of sp³-hybridized carbons (Fsp3) is 0.364. The van der Waals surface area contributed by atoms with E-state index < -0.39 is 0 Å². The molecule has 1 N–H and O–H groups in total. The molecule has 1 aromatic rings. The van der Waals surface area contributed by atoms with Crippen LogP contribution in [0.2, 0.25) is 5.02 Å². The van der Waals surface area contributed by atoms with Gasteiger partial charge in [-0.3, -0.25) is 4.79 Å². The Morgan fingerprint density at radius 3 is 2.50 bits per heavy atom. The van der Waals surface area contributed by atoms with Crippen molar-refractivity contribution in [3.05, 3.63) is 26.3 Å². The molecule has 0 unspecified atom stereocenters. The van der Waals surface area contributed by atoms with Crippen molar-refractivity contribution in [2.75, 3.05) is 13.1 Å². The minimum Gasteiger partial charge on any atom is -0.506 e. The molecule has 0 atom stereocenters. The van der Waals surface area contributed by atoms with Crippen molar-refractivity contribution in [3.8, 4) is 5.75 Å². The number of phenolic OH excluding ortho intramolecular Hbond substituents is 1. The Bertz CT molecular complexity index is 405. The number of carbonyl (C=O) groups is 1. The summed E-state index contributed by atoms with van der Waals surface area (Å²) >= 11 is 7.91. The van der Waals surface area contributed by atoms with E-state index in [9.17, 15) is 9.90 Å². The Labute approximate surface area is 114 Å². The number of aromatic hydroxyl groups is 1. The number of carbonyl (C=O) groups excluding carboxylic acids is 1. The van der Waals surface area contributed by atoms with Gasteiger partial charge in [0.25, 0.3) is 5.91 Å². The summed E-state index contributed by atoms with van der Waals surface area (Å²) in [6.07, 6.45) is 0. The van der Waals surface area contributed by atoms with Crippen LogP contribution in [0.1, 0.15) is 24.2 Å². The van der Waals surface area contributed by atoms with Gasteiger partial charge in [0, 0.05) is 13.1 Å². The van der Waals surface area contributed by atoms with Crippen molar-refractivity contribution in [2.45, 2.75) is 13.8 Å². The number of halogens is 2. The molecule has 1 rings (SSSR count). The van der Waals surface area contributed by atoms with Crippen molar-refractivity contribution >= 4 is 40.1 Å². The van der Waals surface area contributed by atoms with Gasteiger partial charge in [-0.05, 0) is 48.6 Å². The molecule has 0 aliphatic heterocycles. The molecule has 0 heterocycles. The van der Waals surface area contributed by atoms with Crippen LogP contribution in [-0.2, 0) is 0 Å². The third-order valence-electron chi connectivity index (χ3n) is 2.34. The molecule has 0 aromatic heterocycles. The number of rotatable bonds is 3. The number of nitrogens with zero attached hydrogens (tertiary/aromatic N) is 1. The topological polar surface area (TPSA) is 40.5 Å². The summed E-state index contributed by atoms with van der Waals surface area (Å²) in [5.74, 6) is -0.268. The normalized spacial score (nSPS) is 10.2. The fourth-order valence-electron chi connectivity index (χ4n) is 1.41. The maximum Gasteiger partial charge on any atom is 0.259 e. The summed E-state index contributed by atoms with van der Waals surface area (Å²) in [6, 6.07) is 3.30. The zero-order valence-corrected chi connectivity index (χ0v) is 12.0. The summed E-state index contributed by atoms with van der Waals surface area (Å²) in [6.45, 7) is 4.97. The van der Waals surface area contributed by atoms with Crippen molar-refractivity contribution < 1.29 is 9.90 Å². The molecule has 88 valence electrons. The molecule has 3 nitrogen and oxygen atoms in total. The average molecular weight is 354 g/mol. The Kier molecular flexibility index (Phi) is 4.86. The van der Waals surface area contributed by atoms with Crippen molar-refractivity contribution in [1.82, 2.24) is 4.90 Å². The number of benzene rings is 1. The lowest BCUT2D eigenvalue weighted by atomic mass is 10.1. The number of amides is 1. The molecule has 0 saturated heterocycles. The molecule has 0 spiro atoms. The van der Waals surface area contributed by atoms with Crippen LogP contribution in [0.4, 0.5) is 0 Å². The molecule has 1 aromatic carbocycles. The molecule has 0 bridgehead atoms. The molecule has 16 heavy (non-hydrogen) atoms. The van der Waals surface area contributed by atoms with Gasteiger partial charge in [-0.2, -0.15) is 0 Å². The van der Waals surface area contributed by atoms with E-state index >= 15 is 0 Å². The first-order chi connectivity index (χ1) is 7.52. The second-order valence-corrected chi connectivity index (χ2v) is 4.80. The quantitative estimate of drug-likeness (QED) is 0.848. The lowest BCUT2D eigenvalue weighted by Crippen LogP contribution is -2.30. The maximum absolute atomic E-state index is 12.1. The van der Waals surface area contributed by atoms with Crippen LogP contribution in [0.3, 0.4) is 0 Å². The van der Waals surface area contributed by atoms with Crippen LogP contribution >= 0.6 is 34.2 Å². The van der Waals surface area contributed by atoms with Gasteiger partial charge in [0.1, 0.15) is 11.3 Å². The third kappa shape index (κ3) is 2.60. The van der Waals surface area contributed by atoms with E-state index in [1.54, 1.807) is 17.0 Å². The van der Waals surface area contributed by atoms with Crippen LogP contribution in [0.25, 0.3) is 0 Å². The minimum atomic E-state index is -0.231.